The molecule has 0 radical (unpaired) electrons. The largest absolute Gasteiger partial charge is 0.411 e. The highest BCUT2D eigenvalue weighted by atomic mass is 32.2. The molecule has 0 spiro atoms. The summed E-state index contributed by atoms with van der Waals surface area (Å²) < 4.78 is 5.67. The number of nitrogens with one attached hydrogen (secondary N) is 1. The zero-order valence-corrected chi connectivity index (χ0v) is 11.5. The quantitative estimate of drug-likeness (QED) is 0.869. The molecule has 3 rings (SSSR count). The van der Waals surface area contributed by atoms with Crippen LogP contribution in [-0.4, -0.2) is 28.5 Å². The third kappa shape index (κ3) is 3.36. The average molecular weight is 275 g/mol. The number of hydrogen-bond donors (Lipinski definition) is 1. The highest BCUT2D eigenvalue weighted by Crippen LogP contribution is 2.24. The summed E-state index contributed by atoms with van der Waals surface area (Å²) in [4.78, 5) is 0. The summed E-state index contributed by atoms with van der Waals surface area (Å²) in [6, 6.07) is 10.4. The lowest BCUT2D eigenvalue weighted by molar-refractivity contribution is 0.426. The summed E-state index contributed by atoms with van der Waals surface area (Å²) >= 11 is 1.64. The van der Waals surface area contributed by atoms with Crippen molar-refractivity contribution in [1.82, 2.24) is 15.5 Å². The third-order valence-corrected chi connectivity index (χ3v) is 4.23. The summed E-state index contributed by atoms with van der Waals surface area (Å²) in [5.74, 6) is 1.59. The van der Waals surface area contributed by atoms with Crippen LogP contribution in [0.3, 0.4) is 0 Å². The van der Waals surface area contributed by atoms with Crippen molar-refractivity contribution in [2.75, 3.05) is 12.3 Å². The Morgan fingerprint density at radius 2 is 2.11 bits per heavy atom. The first-order valence-corrected chi connectivity index (χ1v) is 7.65. The van der Waals surface area contributed by atoms with E-state index in [1.807, 2.05) is 30.3 Å². The topological polar surface area (TPSA) is 51.0 Å². The van der Waals surface area contributed by atoms with Gasteiger partial charge in [-0.25, -0.2) is 0 Å². The van der Waals surface area contributed by atoms with Gasteiger partial charge in [0.15, 0.2) is 0 Å². The van der Waals surface area contributed by atoms with Crippen LogP contribution in [0.1, 0.15) is 19.3 Å². The zero-order valence-electron chi connectivity index (χ0n) is 10.7. The van der Waals surface area contributed by atoms with E-state index < -0.39 is 0 Å². The number of thioether (sulfide) groups is 1. The Kier molecular flexibility index (Phi) is 4.15. The molecule has 1 aromatic carbocycles. The Hall–Kier alpha value is -1.33. The molecule has 1 N–H and O–H groups in total. The predicted octanol–water partition coefficient (Wildman–Crippen LogP) is 2.97. The van der Waals surface area contributed by atoms with Gasteiger partial charge in [0.1, 0.15) is 0 Å². The molecule has 1 aliphatic heterocycles. The second kappa shape index (κ2) is 6.21. The third-order valence-electron chi connectivity index (χ3n) is 3.25. The van der Waals surface area contributed by atoms with E-state index in [1.54, 1.807) is 11.8 Å². The smallest absolute Gasteiger partial charge is 0.276 e. The van der Waals surface area contributed by atoms with Gasteiger partial charge in [0.2, 0.25) is 5.89 Å². The van der Waals surface area contributed by atoms with Crippen LogP contribution in [0.5, 0.6) is 0 Å². The van der Waals surface area contributed by atoms with E-state index in [4.69, 9.17) is 4.42 Å². The van der Waals surface area contributed by atoms with Crippen LogP contribution < -0.4 is 5.32 Å². The first-order valence-electron chi connectivity index (χ1n) is 6.67. The Bertz CT molecular complexity index is 508. The van der Waals surface area contributed by atoms with Gasteiger partial charge in [0.25, 0.3) is 5.22 Å². The normalized spacial score (nSPS) is 19.5. The average Bonchev–Trinajstić information content (AvgIpc) is 2.96. The molecule has 1 atom stereocenters. The van der Waals surface area contributed by atoms with Crippen LogP contribution in [0.4, 0.5) is 0 Å². The predicted molar refractivity (Wildman–Crippen MR) is 76.1 cm³/mol. The fourth-order valence-electron chi connectivity index (χ4n) is 2.20. The zero-order chi connectivity index (χ0) is 12.9. The van der Waals surface area contributed by atoms with Crippen LogP contribution in [0, 0.1) is 0 Å². The van der Waals surface area contributed by atoms with Crippen LogP contribution in [0.25, 0.3) is 11.5 Å². The van der Waals surface area contributed by atoms with Gasteiger partial charge in [0.05, 0.1) is 0 Å². The van der Waals surface area contributed by atoms with Crippen molar-refractivity contribution in [2.45, 2.75) is 30.5 Å². The van der Waals surface area contributed by atoms with Crippen molar-refractivity contribution in [1.29, 1.82) is 0 Å². The van der Waals surface area contributed by atoms with Crippen molar-refractivity contribution in [3.63, 3.8) is 0 Å². The van der Waals surface area contributed by atoms with Gasteiger partial charge in [-0.3, -0.25) is 0 Å². The van der Waals surface area contributed by atoms with Crippen LogP contribution in [0.15, 0.2) is 40.0 Å². The van der Waals surface area contributed by atoms with E-state index >= 15 is 0 Å². The summed E-state index contributed by atoms with van der Waals surface area (Å²) in [7, 11) is 0. The van der Waals surface area contributed by atoms with Gasteiger partial charge >= 0.3 is 0 Å². The van der Waals surface area contributed by atoms with E-state index in [-0.39, 0.29) is 0 Å². The van der Waals surface area contributed by atoms with Gasteiger partial charge in [-0.15, -0.1) is 10.2 Å². The van der Waals surface area contributed by atoms with E-state index in [2.05, 4.69) is 15.5 Å². The Balaban J connectivity index is 1.59. The first kappa shape index (κ1) is 12.7. The molecule has 2 heterocycles. The lowest BCUT2D eigenvalue weighted by Gasteiger charge is -2.22. The molecular weight excluding hydrogens is 258 g/mol. The van der Waals surface area contributed by atoms with Gasteiger partial charge in [-0.2, -0.15) is 0 Å². The molecule has 1 saturated heterocycles. The highest BCUT2D eigenvalue weighted by Gasteiger charge is 2.15. The molecule has 4 nitrogen and oxygen atoms in total. The SMILES string of the molecule is c1ccc(-c2nnc(SC[C@H]3CCCCN3)o2)cc1. The number of nitrogens with zero attached hydrogens (tertiary/aromatic N) is 2. The molecular formula is C14H17N3OS. The van der Waals surface area contributed by atoms with Crippen molar-refractivity contribution >= 4 is 11.8 Å². The molecule has 0 saturated carbocycles. The van der Waals surface area contributed by atoms with Crippen LogP contribution in [0.2, 0.25) is 0 Å². The van der Waals surface area contributed by atoms with E-state index in [0.29, 0.717) is 17.2 Å². The van der Waals surface area contributed by atoms with Crippen LogP contribution in [-0.2, 0) is 0 Å². The molecule has 1 aromatic heterocycles. The fourth-order valence-corrected chi connectivity index (χ4v) is 3.07. The Morgan fingerprint density at radius 1 is 1.21 bits per heavy atom. The van der Waals surface area contributed by atoms with Gasteiger partial charge in [-0.05, 0) is 31.5 Å². The number of hydrogen-bond acceptors (Lipinski definition) is 5. The van der Waals surface area contributed by atoms with Gasteiger partial charge < -0.3 is 9.73 Å². The second-order valence-corrected chi connectivity index (χ2v) is 5.67. The number of piperidine rings is 1. The minimum absolute atomic E-state index is 0.575. The van der Waals surface area contributed by atoms with Crippen molar-refractivity contribution in [3.8, 4) is 11.5 Å². The lowest BCUT2D eigenvalue weighted by atomic mass is 10.1. The summed E-state index contributed by atoms with van der Waals surface area (Å²) in [5.41, 5.74) is 0.970. The molecule has 2 aromatic rings. The molecule has 100 valence electrons. The summed E-state index contributed by atoms with van der Waals surface area (Å²) in [5, 5.41) is 12.4. The molecule has 0 unspecified atom stereocenters. The minimum atomic E-state index is 0.575. The molecule has 1 fully saturated rings. The van der Waals surface area contributed by atoms with Crippen molar-refractivity contribution in [3.05, 3.63) is 30.3 Å². The number of aromatic nitrogens is 2. The molecule has 0 aliphatic carbocycles. The standard InChI is InChI=1S/C14H17N3OS/c1-2-6-11(7-3-1)13-16-17-14(18-13)19-10-12-8-4-5-9-15-12/h1-3,6-7,12,15H,4-5,8-10H2/t12-/m1/s1. The van der Waals surface area contributed by atoms with Crippen molar-refractivity contribution < 1.29 is 4.42 Å². The van der Waals surface area contributed by atoms with Crippen molar-refractivity contribution in [2.24, 2.45) is 0 Å². The van der Waals surface area contributed by atoms with Gasteiger partial charge in [0, 0.05) is 17.4 Å². The molecule has 0 amide bonds. The highest BCUT2D eigenvalue weighted by molar-refractivity contribution is 7.99. The number of rotatable bonds is 4. The second-order valence-electron chi connectivity index (χ2n) is 4.70. The Labute approximate surface area is 117 Å². The fraction of sp³-hybridized carbons (Fsp3) is 0.429. The Morgan fingerprint density at radius 3 is 2.89 bits per heavy atom. The molecule has 0 bridgehead atoms. The van der Waals surface area contributed by atoms with E-state index in [1.165, 1.54) is 19.3 Å². The summed E-state index contributed by atoms with van der Waals surface area (Å²) in [6.07, 6.45) is 3.85. The first-order chi connectivity index (χ1) is 9.42. The monoisotopic (exact) mass is 275 g/mol. The van der Waals surface area contributed by atoms with Gasteiger partial charge in [-0.1, -0.05) is 36.4 Å². The molecule has 19 heavy (non-hydrogen) atoms. The molecule has 1 aliphatic rings. The maximum absolute atomic E-state index is 5.67. The number of benzene rings is 1. The maximum atomic E-state index is 5.67. The minimum Gasteiger partial charge on any atom is -0.411 e. The maximum Gasteiger partial charge on any atom is 0.276 e. The summed E-state index contributed by atoms with van der Waals surface area (Å²) in [6.45, 7) is 1.13. The molecule has 5 heteroatoms. The van der Waals surface area contributed by atoms with E-state index in [9.17, 15) is 0 Å². The van der Waals surface area contributed by atoms with E-state index in [0.717, 1.165) is 17.9 Å². The van der Waals surface area contributed by atoms with Crippen LogP contribution >= 0.6 is 11.8 Å². The lowest BCUT2D eigenvalue weighted by Crippen LogP contribution is -2.35.